The van der Waals surface area contributed by atoms with Crippen LogP contribution in [0.2, 0.25) is 0 Å². The van der Waals surface area contributed by atoms with E-state index >= 15 is 0 Å². The van der Waals surface area contributed by atoms with Crippen molar-refractivity contribution < 1.29 is 0 Å². The van der Waals surface area contributed by atoms with Crippen LogP contribution in [0.1, 0.15) is 26.7 Å². The monoisotopic (exact) mass is 441 g/mol. The van der Waals surface area contributed by atoms with Gasteiger partial charge in [-0.15, -0.1) is 35.3 Å². The van der Waals surface area contributed by atoms with E-state index in [-0.39, 0.29) is 24.0 Å². The minimum atomic E-state index is 0. The van der Waals surface area contributed by atoms with E-state index in [2.05, 4.69) is 33.6 Å². The molecule has 2 N–H and O–H groups in total. The Morgan fingerprint density at radius 2 is 2.04 bits per heavy atom. The van der Waals surface area contributed by atoms with Crippen molar-refractivity contribution in [3.63, 3.8) is 0 Å². The lowest BCUT2D eigenvalue weighted by atomic mass is 10.1. The van der Waals surface area contributed by atoms with Crippen LogP contribution in [-0.2, 0) is 13.1 Å². The number of hydrogen-bond donors (Lipinski definition) is 2. The third-order valence-electron chi connectivity index (χ3n) is 3.22. The van der Waals surface area contributed by atoms with Crippen molar-refractivity contribution in [2.45, 2.75) is 26.9 Å². The van der Waals surface area contributed by atoms with Crippen molar-refractivity contribution in [2.75, 3.05) is 7.05 Å². The summed E-state index contributed by atoms with van der Waals surface area (Å²) in [5.41, 5.74) is 2.79. The highest BCUT2D eigenvalue weighted by Gasteiger charge is 2.05. The van der Waals surface area contributed by atoms with Crippen LogP contribution in [0.5, 0.6) is 0 Å². The number of nitrogens with one attached hydrogen (secondary N) is 2. The largest absolute Gasteiger partial charge is 0.352 e. The molecule has 0 atom stereocenters. The molecular formula is C16H20IN5S. The van der Waals surface area contributed by atoms with Crippen LogP contribution >= 0.6 is 35.3 Å². The lowest BCUT2D eigenvalue weighted by Gasteiger charge is -2.11. The second kappa shape index (κ2) is 9.47. The molecule has 0 saturated heterocycles. The van der Waals surface area contributed by atoms with Crippen LogP contribution < -0.4 is 10.6 Å². The van der Waals surface area contributed by atoms with Gasteiger partial charge in [0.2, 0.25) is 0 Å². The van der Waals surface area contributed by atoms with E-state index in [1.54, 1.807) is 24.5 Å². The Hall–Kier alpha value is -1.66. The van der Waals surface area contributed by atoms with Crippen LogP contribution in [0, 0.1) is 25.2 Å². The summed E-state index contributed by atoms with van der Waals surface area (Å²) in [4.78, 5) is 9.93. The van der Waals surface area contributed by atoms with Crippen LogP contribution in [-0.4, -0.2) is 18.0 Å². The Balaban J connectivity index is 0.00000264. The summed E-state index contributed by atoms with van der Waals surface area (Å²) in [6, 6.07) is 9.67. The zero-order valence-electron chi connectivity index (χ0n) is 13.4. The van der Waals surface area contributed by atoms with Gasteiger partial charge in [-0.1, -0.05) is 12.1 Å². The van der Waals surface area contributed by atoms with Gasteiger partial charge in [-0.05, 0) is 31.5 Å². The fourth-order valence-electron chi connectivity index (χ4n) is 1.93. The number of rotatable bonds is 4. The molecule has 0 aliphatic rings. The first kappa shape index (κ1) is 19.4. The zero-order chi connectivity index (χ0) is 15.9. The summed E-state index contributed by atoms with van der Waals surface area (Å²) in [5.74, 6) is 0.716. The Labute approximate surface area is 157 Å². The minimum absolute atomic E-state index is 0. The average Bonchev–Trinajstić information content (AvgIpc) is 2.86. The van der Waals surface area contributed by atoms with Gasteiger partial charge in [0.1, 0.15) is 5.01 Å². The maximum Gasteiger partial charge on any atom is 0.191 e. The highest BCUT2D eigenvalue weighted by atomic mass is 127. The molecule has 0 spiro atoms. The first-order chi connectivity index (χ1) is 10.6. The van der Waals surface area contributed by atoms with E-state index in [0.717, 1.165) is 16.3 Å². The van der Waals surface area contributed by atoms with Gasteiger partial charge in [-0.25, -0.2) is 4.98 Å². The molecule has 1 aromatic heterocycles. The summed E-state index contributed by atoms with van der Waals surface area (Å²) >= 11 is 1.69. The molecule has 0 saturated carbocycles. The maximum absolute atomic E-state index is 8.91. The number of hydrogen-bond acceptors (Lipinski definition) is 4. The number of aliphatic imine (C=N–C) groups is 1. The van der Waals surface area contributed by atoms with Crippen LogP contribution in [0.4, 0.5) is 0 Å². The van der Waals surface area contributed by atoms with Crippen LogP contribution in [0.3, 0.4) is 0 Å². The maximum atomic E-state index is 8.91. The van der Waals surface area contributed by atoms with Gasteiger partial charge in [-0.2, -0.15) is 5.26 Å². The first-order valence-corrected chi connectivity index (χ1v) is 7.80. The predicted octanol–water partition coefficient (Wildman–Crippen LogP) is 3.11. The Morgan fingerprint density at radius 1 is 1.30 bits per heavy atom. The van der Waals surface area contributed by atoms with Gasteiger partial charge in [-0.3, -0.25) is 4.99 Å². The van der Waals surface area contributed by atoms with Crippen molar-refractivity contribution in [1.29, 1.82) is 5.26 Å². The highest BCUT2D eigenvalue weighted by molar-refractivity contribution is 14.0. The molecule has 0 amide bonds. The van der Waals surface area contributed by atoms with Crippen LogP contribution in [0.15, 0.2) is 29.3 Å². The number of nitrogens with zero attached hydrogens (tertiary/aromatic N) is 3. The lowest BCUT2D eigenvalue weighted by molar-refractivity contribution is 0.803. The number of aromatic nitrogens is 1. The summed E-state index contributed by atoms with van der Waals surface area (Å²) < 4.78 is 0. The molecule has 2 rings (SSSR count). The molecule has 0 radical (unpaired) electrons. The van der Waals surface area contributed by atoms with E-state index in [1.807, 2.05) is 25.1 Å². The molecule has 0 unspecified atom stereocenters. The predicted molar refractivity (Wildman–Crippen MR) is 105 cm³/mol. The summed E-state index contributed by atoms with van der Waals surface area (Å²) in [7, 11) is 1.74. The van der Waals surface area contributed by atoms with Crippen molar-refractivity contribution in [3.05, 3.63) is 51.0 Å². The smallest absolute Gasteiger partial charge is 0.191 e. The Kier molecular flexibility index (Phi) is 7.98. The first-order valence-electron chi connectivity index (χ1n) is 6.99. The second-order valence-electron chi connectivity index (χ2n) is 4.84. The average molecular weight is 441 g/mol. The molecule has 0 aliphatic heterocycles. The molecule has 122 valence electrons. The SMILES string of the molecule is CN=C(NCc1cccc(C#N)c1)NCc1nc(C)c(C)s1.I. The quantitative estimate of drug-likeness (QED) is 0.435. The van der Waals surface area contributed by atoms with E-state index < -0.39 is 0 Å². The number of nitriles is 1. The molecule has 23 heavy (non-hydrogen) atoms. The summed E-state index contributed by atoms with van der Waals surface area (Å²) in [6.45, 7) is 5.36. The Morgan fingerprint density at radius 3 is 2.65 bits per heavy atom. The molecule has 2 aromatic rings. The normalized spacial score (nSPS) is 10.6. The third-order valence-corrected chi connectivity index (χ3v) is 4.29. The number of guanidine groups is 1. The van der Waals surface area contributed by atoms with Gasteiger partial charge < -0.3 is 10.6 Å². The van der Waals surface area contributed by atoms with Gasteiger partial charge in [0.25, 0.3) is 0 Å². The van der Waals surface area contributed by atoms with Gasteiger partial charge >= 0.3 is 0 Å². The lowest BCUT2D eigenvalue weighted by Crippen LogP contribution is -2.36. The fourth-order valence-corrected chi connectivity index (χ4v) is 2.81. The molecule has 1 heterocycles. The zero-order valence-corrected chi connectivity index (χ0v) is 16.5. The number of halogens is 1. The number of thiazole rings is 1. The molecule has 0 aliphatic carbocycles. The van der Waals surface area contributed by atoms with Gasteiger partial charge in [0.15, 0.2) is 5.96 Å². The number of benzene rings is 1. The van der Waals surface area contributed by atoms with Crippen molar-refractivity contribution in [1.82, 2.24) is 15.6 Å². The standard InChI is InChI=1S/C16H19N5S.HI/c1-11-12(2)22-15(21-11)10-20-16(18-3)19-9-14-6-4-5-13(7-14)8-17;/h4-7H,9-10H2,1-3H3,(H2,18,19,20);1H. The van der Waals surface area contributed by atoms with Crippen LogP contribution in [0.25, 0.3) is 0 Å². The van der Waals surface area contributed by atoms with E-state index in [1.165, 1.54) is 4.88 Å². The van der Waals surface area contributed by atoms with E-state index in [4.69, 9.17) is 5.26 Å². The Bertz CT molecular complexity index is 698. The van der Waals surface area contributed by atoms with Gasteiger partial charge in [0, 0.05) is 18.5 Å². The van der Waals surface area contributed by atoms with Crippen molar-refractivity contribution in [3.8, 4) is 6.07 Å². The molecular weight excluding hydrogens is 421 g/mol. The molecule has 5 nitrogen and oxygen atoms in total. The minimum Gasteiger partial charge on any atom is -0.352 e. The molecule has 0 bridgehead atoms. The molecule has 7 heteroatoms. The molecule has 0 fully saturated rings. The van der Waals surface area contributed by atoms with Crippen molar-refractivity contribution >= 4 is 41.3 Å². The van der Waals surface area contributed by atoms with Crippen molar-refractivity contribution in [2.24, 2.45) is 4.99 Å². The topological polar surface area (TPSA) is 73.1 Å². The molecule has 1 aromatic carbocycles. The summed E-state index contributed by atoms with van der Waals surface area (Å²) in [5, 5.41) is 16.4. The fraction of sp³-hybridized carbons (Fsp3) is 0.312. The number of aryl methyl sites for hydroxylation is 2. The van der Waals surface area contributed by atoms with E-state index in [0.29, 0.717) is 24.6 Å². The van der Waals surface area contributed by atoms with E-state index in [9.17, 15) is 0 Å². The summed E-state index contributed by atoms with van der Waals surface area (Å²) in [6.07, 6.45) is 0. The van der Waals surface area contributed by atoms with Gasteiger partial charge in [0.05, 0.1) is 23.9 Å². The third kappa shape index (κ3) is 5.80. The second-order valence-corrected chi connectivity index (χ2v) is 6.13. The highest BCUT2D eigenvalue weighted by Crippen LogP contribution is 2.15.